The van der Waals surface area contributed by atoms with Crippen molar-refractivity contribution in [3.8, 4) is 0 Å². The maximum Gasteiger partial charge on any atom is 0.338 e. The van der Waals surface area contributed by atoms with E-state index in [1.165, 1.54) is 13.2 Å². The molecule has 0 aliphatic rings. The van der Waals surface area contributed by atoms with Crippen LogP contribution in [0.25, 0.3) is 0 Å². The van der Waals surface area contributed by atoms with Crippen LogP contribution in [0.15, 0.2) is 12.1 Å². The molecule has 0 fully saturated rings. The Hall–Kier alpha value is -1.09. The van der Waals surface area contributed by atoms with Gasteiger partial charge in [0.15, 0.2) is 0 Å². The van der Waals surface area contributed by atoms with Gasteiger partial charge in [0.05, 0.1) is 17.7 Å². The Labute approximate surface area is 80.3 Å². The smallest absolute Gasteiger partial charge is 0.338 e. The quantitative estimate of drug-likeness (QED) is 0.655. The van der Waals surface area contributed by atoms with Crippen molar-refractivity contribution in [2.45, 2.75) is 6.92 Å². The standard InChI is InChI=1S/C9H8ClFO2/c1-5-3-7(10)8(11)4-6(5)9(12)13-2/h3-4H,1-2H3. The van der Waals surface area contributed by atoms with Gasteiger partial charge in [-0.1, -0.05) is 11.6 Å². The molecule has 0 unspecified atom stereocenters. The average Bonchev–Trinajstić information content (AvgIpc) is 2.10. The number of carbonyl (C=O) groups excluding carboxylic acids is 1. The van der Waals surface area contributed by atoms with Crippen LogP contribution in [0, 0.1) is 12.7 Å². The van der Waals surface area contributed by atoms with Crippen molar-refractivity contribution in [2.24, 2.45) is 0 Å². The van der Waals surface area contributed by atoms with Crippen LogP contribution >= 0.6 is 11.6 Å². The molecule has 4 heteroatoms. The fraction of sp³-hybridized carbons (Fsp3) is 0.222. The molecule has 0 aromatic heterocycles. The monoisotopic (exact) mass is 202 g/mol. The highest BCUT2D eigenvalue weighted by atomic mass is 35.5. The van der Waals surface area contributed by atoms with Crippen LogP contribution in [0.5, 0.6) is 0 Å². The summed E-state index contributed by atoms with van der Waals surface area (Å²) in [5.41, 5.74) is 0.794. The van der Waals surface area contributed by atoms with E-state index in [9.17, 15) is 9.18 Å². The molecule has 0 aliphatic heterocycles. The lowest BCUT2D eigenvalue weighted by Crippen LogP contribution is -2.04. The lowest BCUT2D eigenvalue weighted by atomic mass is 10.1. The molecule has 0 atom stereocenters. The summed E-state index contributed by atoms with van der Waals surface area (Å²) in [6.45, 7) is 1.66. The Kier molecular flexibility index (Phi) is 2.88. The van der Waals surface area contributed by atoms with Gasteiger partial charge in [-0.3, -0.25) is 0 Å². The van der Waals surface area contributed by atoms with Gasteiger partial charge in [-0.25, -0.2) is 9.18 Å². The van der Waals surface area contributed by atoms with Gasteiger partial charge in [-0.05, 0) is 24.6 Å². The molecule has 0 bridgehead atoms. The first-order valence-electron chi connectivity index (χ1n) is 3.60. The van der Waals surface area contributed by atoms with Crippen molar-refractivity contribution in [1.29, 1.82) is 0 Å². The Bertz CT molecular complexity index is 350. The molecule has 0 saturated heterocycles. The highest BCUT2D eigenvalue weighted by molar-refractivity contribution is 6.30. The average molecular weight is 203 g/mol. The van der Waals surface area contributed by atoms with Gasteiger partial charge in [-0.15, -0.1) is 0 Å². The number of benzene rings is 1. The van der Waals surface area contributed by atoms with Crippen molar-refractivity contribution < 1.29 is 13.9 Å². The molecular formula is C9H8ClFO2. The van der Waals surface area contributed by atoms with Crippen LogP contribution in [0.2, 0.25) is 5.02 Å². The van der Waals surface area contributed by atoms with E-state index in [4.69, 9.17) is 11.6 Å². The number of aryl methyl sites for hydroxylation is 1. The van der Waals surface area contributed by atoms with Gasteiger partial charge in [0.1, 0.15) is 5.82 Å². The number of hydrogen-bond donors (Lipinski definition) is 0. The first-order chi connectivity index (χ1) is 6.06. The number of ether oxygens (including phenoxy) is 1. The van der Waals surface area contributed by atoms with Crippen LogP contribution in [-0.4, -0.2) is 13.1 Å². The fourth-order valence-corrected chi connectivity index (χ4v) is 1.19. The normalized spacial score (nSPS) is 9.85. The van der Waals surface area contributed by atoms with E-state index in [1.807, 2.05) is 0 Å². The summed E-state index contributed by atoms with van der Waals surface area (Å²) in [6, 6.07) is 2.46. The Morgan fingerprint density at radius 1 is 1.54 bits per heavy atom. The number of methoxy groups -OCH3 is 1. The fourth-order valence-electron chi connectivity index (χ4n) is 0.976. The third kappa shape index (κ3) is 1.98. The van der Waals surface area contributed by atoms with E-state index in [0.29, 0.717) is 5.56 Å². The minimum atomic E-state index is -0.618. The van der Waals surface area contributed by atoms with E-state index in [0.717, 1.165) is 6.07 Å². The molecule has 2 nitrogen and oxygen atoms in total. The van der Waals surface area contributed by atoms with Gasteiger partial charge < -0.3 is 4.74 Å². The second-order valence-corrected chi connectivity index (χ2v) is 2.98. The van der Waals surface area contributed by atoms with Crippen molar-refractivity contribution in [1.82, 2.24) is 0 Å². The molecule has 0 radical (unpaired) electrons. The predicted molar refractivity (Wildman–Crippen MR) is 47.5 cm³/mol. The second-order valence-electron chi connectivity index (χ2n) is 2.57. The summed E-state index contributed by atoms with van der Waals surface area (Å²) in [4.78, 5) is 11.1. The third-order valence-corrected chi connectivity index (χ3v) is 1.96. The Morgan fingerprint density at radius 3 is 2.69 bits per heavy atom. The SMILES string of the molecule is COC(=O)c1cc(F)c(Cl)cc1C. The van der Waals surface area contributed by atoms with E-state index in [1.54, 1.807) is 6.92 Å². The summed E-state index contributed by atoms with van der Waals surface area (Å²) < 4.78 is 17.4. The van der Waals surface area contributed by atoms with E-state index < -0.39 is 11.8 Å². The molecule has 0 N–H and O–H groups in total. The molecule has 1 aromatic rings. The molecule has 1 aromatic carbocycles. The summed E-state index contributed by atoms with van der Waals surface area (Å²) in [7, 11) is 1.24. The third-order valence-electron chi connectivity index (χ3n) is 1.67. The highest BCUT2D eigenvalue weighted by Crippen LogP contribution is 2.20. The summed E-state index contributed by atoms with van der Waals surface area (Å²) in [5.74, 6) is -1.18. The first-order valence-corrected chi connectivity index (χ1v) is 3.98. The lowest BCUT2D eigenvalue weighted by Gasteiger charge is -2.04. The van der Waals surface area contributed by atoms with Crippen LogP contribution in [0.3, 0.4) is 0 Å². The van der Waals surface area contributed by atoms with Crippen LogP contribution in [0.1, 0.15) is 15.9 Å². The largest absolute Gasteiger partial charge is 0.465 e. The van der Waals surface area contributed by atoms with E-state index in [2.05, 4.69) is 4.74 Å². The minimum Gasteiger partial charge on any atom is -0.465 e. The van der Waals surface area contributed by atoms with Crippen molar-refractivity contribution in [3.63, 3.8) is 0 Å². The molecule has 0 spiro atoms. The summed E-state index contributed by atoms with van der Waals surface area (Å²) in [6.07, 6.45) is 0. The molecule has 13 heavy (non-hydrogen) atoms. The molecule has 0 saturated carbocycles. The van der Waals surface area contributed by atoms with Gasteiger partial charge in [-0.2, -0.15) is 0 Å². The zero-order chi connectivity index (χ0) is 10.0. The molecule has 1 rings (SSSR count). The predicted octanol–water partition coefficient (Wildman–Crippen LogP) is 2.57. The van der Waals surface area contributed by atoms with Gasteiger partial charge in [0.2, 0.25) is 0 Å². The Balaban J connectivity index is 3.23. The number of carbonyl (C=O) groups is 1. The topological polar surface area (TPSA) is 26.3 Å². The maximum absolute atomic E-state index is 12.9. The molecule has 70 valence electrons. The summed E-state index contributed by atoms with van der Waals surface area (Å²) in [5, 5.41) is 0.00477. The van der Waals surface area contributed by atoms with Crippen molar-refractivity contribution >= 4 is 17.6 Å². The second kappa shape index (κ2) is 3.75. The van der Waals surface area contributed by atoms with Crippen molar-refractivity contribution in [2.75, 3.05) is 7.11 Å². The van der Waals surface area contributed by atoms with Crippen molar-refractivity contribution in [3.05, 3.63) is 34.1 Å². The maximum atomic E-state index is 12.9. The number of hydrogen-bond acceptors (Lipinski definition) is 2. The van der Waals surface area contributed by atoms with Gasteiger partial charge in [0.25, 0.3) is 0 Å². The molecular weight excluding hydrogens is 195 g/mol. The van der Waals surface area contributed by atoms with Gasteiger partial charge >= 0.3 is 5.97 Å². The lowest BCUT2D eigenvalue weighted by molar-refractivity contribution is 0.0599. The van der Waals surface area contributed by atoms with Crippen LogP contribution < -0.4 is 0 Å². The zero-order valence-electron chi connectivity index (χ0n) is 7.23. The number of rotatable bonds is 1. The molecule has 0 heterocycles. The molecule has 0 amide bonds. The Morgan fingerprint density at radius 2 is 2.15 bits per heavy atom. The zero-order valence-corrected chi connectivity index (χ0v) is 7.98. The van der Waals surface area contributed by atoms with E-state index >= 15 is 0 Å². The molecule has 0 aliphatic carbocycles. The van der Waals surface area contributed by atoms with E-state index in [-0.39, 0.29) is 10.6 Å². The minimum absolute atomic E-state index is 0.00477. The van der Waals surface area contributed by atoms with Crippen LogP contribution in [0.4, 0.5) is 4.39 Å². The number of halogens is 2. The van der Waals surface area contributed by atoms with Gasteiger partial charge in [0, 0.05) is 0 Å². The number of esters is 1. The first kappa shape index (κ1) is 9.99. The highest BCUT2D eigenvalue weighted by Gasteiger charge is 2.12. The summed E-state index contributed by atoms with van der Waals surface area (Å²) >= 11 is 5.51. The van der Waals surface area contributed by atoms with Crippen LogP contribution in [-0.2, 0) is 4.74 Å².